The van der Waals surface area contributed by atoms with Crippen LogP contribution in [-0.2, 0) is 5.66 Å². The number of hydrogen-bond donors (Lipinski definition) is 2. The van der Waals surface area contributed by atoms with Crippen LogP contribution in [0.4, 0.5) is 0 Å². The molecule has 2 aromatic carbocycles. The fourth-order valence-electron chi connectivity index (χ4n) is 3.44. The number of rotatable bonds is 1. The van der Waals surface area contributed by atoms with Gasteiger partial charge in [-0.3, -0.25) is 4.79 Å². The monoisotopic (exact) mass is 336 g/mol. The van der Waals surface area contributed by atoms with Crippen LogP contribution in [0.2, 0.25) is 0 Å². The van der Waals surface area contributed by atoms with Gasteiger partial charge in [0.1, 0.15) is 16.6 Å². The quantitative estimate of drug-likeness (QED) is 0.479. The number of benzene rings is 2. The fraction of sp³-hybridized carbons (Fsp3) is 0.188. The van der Waals surface area contributed by atoms with E-state index >= 15 is 0 Å². The van der Waals surface area contributed by atoms with Crippen molar-refractivity contribution in [1.82, 2.24) is 30.0 Å². The lowest BCUT2D eigenvalue weighted by atomic mass is 9.87. The normalized spacial score (nSPS) is 22.0. The van der Waals surface area contributed by atoms with Gasteiger partial charge in [0.25, 0.3) is 5.79 Å². The molecule has 1 aliphatic rings. The van der Waals surface area contributed by atoms with Crippen molar-refractivity contribution in [3.05, 3.63) is 48.0 Å². The summed E-state index contributed by atoms with van der Waals surface area (Å²) in [4.78, 5) is 12.8. The van der Waals surface area contributed by atoms with Crippen molar-refractivity contribution < 1.29 is 15.0 Å². The molecule has 2 N–H and O–H groups in total. The molecule has 4 aromatic rings. The van der Waals surface area contributed by atoms with Gasteiger partial charge in [-0.25, -0.2) is 9.36 Å². The summed E-state index contributed by atoms with van der Waals surface area (Å²) in [6, 6.07) is 11.9. The summed E-state index contributed by atoms with van der Waals surface area (Å²) >= 11 is 0. The third-order valence-electron chi connectivity index (χ3n) is 4.87. The predicted molar refractivity (Wildman–Crippen MR) is 85.6 cm³/mol. The molecule has 0 spiro atoms. The summed E-state index contributed by atoms with van der Waals surface area (Å²) in [6.07, 6.45) is 0. The number of nitrogens with zero attached hydrogens (tertiary/aromatic N) is 6. The highest BCUT2D eigenvalue weighted by Gasteiger charge is 2.61. The number of hydrogen-bond acceptors (Lipinski definition) is 7. The standard InChI is InChI=1S/C16H12N6O3/c1-15(21-12-8-3-2-6-10(12)17-19-21)16(24,25)14(23)9-5-4-7-11-13(9)22(15)20-18-11/h2-8,24-25H,1H3. The van der Waals surface area contributed by atoms with Crippen molar-refractivity contribution in [2.75, 3.05) is 0 Å². The van der Waals surface area contributed by atoms with E-state index in [-0.39, 0.29) is 5.56 Å². The van der Waals surface area contributed by atoms with Crippen molar-refractivity contribution in [3.63, 3.8) is 0 Å². The average molecular weight is 336 g/mol. The average Bonchev–Trinajstić information content (AvgIpc) is 3.23. The van der Waals surface area contributed by atoms with Crippen molar-refractivity contribution in [2.45, 2.75) is 18.4 Å². The summed E-state index contributed by atoms with van der Waals surface area (Å²) in [5.74, 6) is -3.63. The molecule has 0 fully saturated rings. The molecule has 1 atom stereocenters. The van der Waals surface area contributed by atoms with E-state index in [2.05, 4.69) is 20.6 Å². The van der Waals surface area contributed by atoms with Gasteiger partial charge in [0.15, 0.2) is 0 Å². The Bertz CT molecular complexity index is 1180. The van der Waals surface area contributed by atoms with Crippen LogP contribution in [-0.4, -0.2) is 51.8 Å². The molecule has 25 heavy (non-hydrogen) atoms. The second-order valence-electron chi connectivity index (χ2n) is 6.19. The molecule has 124 valence electrons. The first-order valence-electron chi connectivity index (χ1n) is 7.61. The second-order valence-corrected chi connectivity index (χ2v) is 6.19. The zero-order valence-electron chi connectivity index (χ0n) is 13.0. The molecule has 0 aliphatic carbocycles. The van der Waals surface area contributed by atoms with E-state index in [9.17, 15) is 15.0 Å². The third-order valence-corrected chi connectivity index (χ3v) is 4.87. The summed E-state index contributed by atoms with van der Waals surface area (Å²) < 4.78 is 2.62. The molecule has 0 saturated carbocycles. The second kappa shape index (κ2) is 4.26. The van der Waals surface area contributed by atoms with Crippen LogP contribution in [0.1, 0.15) is 17.3 Å². The zero-order chi connectivity index (χ0) is 17.4. The van der Waals surface area contributed by atoms with Gasteiger partial charge in [-0.1, -0.05) is 28.6 Å². The first kappa shape index (κ1) is 14.2. The van der Waals surface area contributed by atoms with E-state index in [0.717, 1.165) is 0 Å². The molecule has 9 heteroatoms. The van der Waals surface area contributed by atoms with Gasteiger partial charge < -0.3 is 10.2 Å². The molecule has 3 heterocycles. The number of carbonyl (C=O) groups is 1. The maximum Gasteiger partial charge on any atom is 0.275 e. The van der Waals surface area contributed by atoms with E-state index in [1.165, 1.54) is 22.4 Å². The number of fused-ring (bicyclic) bond motifs is 1. The highest BCUT2D eigenvalue weighted by atomic mass is 16.5. The number of para-hydroxylation sites is 2. The highest BCUT2D eigenvalue weighted by Crippen LogP contribution is 2.41. The van der Waals surface area contributed by atoms with E-state index < -0.39 is 17.2 Å². The SMILES string of the molecule is CC1(n2nnc3ccccc32)n2nnc3cccc(c32)C(=O)C1(O)O. The molecule has 0 saturated heterocycles. The van der Waals surface area contributed by atoms with Crippen LogP contribution in [0.3, 0.4) is 0 Å². The number of aromatic nitrogens is 6. The Morgan fingerprint density at radius 3 is 2.44 bits per heavy atom. The van der Waals surface area contributed by atoms with Gasteiger partial charge in [-0.15, -0.1) is 10.2 Å². The Kier molecular flexibility index (Phi) is 2.42. The smallest absolute Gasteiger partial charge is 0.275 e. The minimum absolute atomic E-state index is 0.148. The summed E-state index contributed by atoms with van der Waals surface area (Å²) in [7, 11) is 0. The molecule has 2 aromatic heterocycles. The van der Waals surface area contributed by atoms with Crippen molar-refractivity contribution in [2.24, 2.45) is 0 Å². The molecule has 5 rings (SSSR count). The van der Waals surface area contributed by atoms with Crippen LogP contribution in [0.25, 0.3) is 22.1 Å². The first-order valence-corrected chi connectivity index (χ1v) is 7.61. The number of carbonyl (C=O) groups excluding carboxylic acids is 1. The largest absolute Gasteiger partial charge is 0.356 e. The van der Waals surface area contributed by atoms with Crippen molar-refractivity contribution in [3.8, 4) is 0 Å². The maximum atomic E-state index is 12.8. The minimum Gasteiger partial charge on any atom is -0.356 e. The number of ketones is 1. The Labute approximate surface area is 140 Å². The molecular weight excluding hydrogens is 324 g/mol. The molecule has 1 aliphatic heterocycles. The number of aliphatic hydroxyl groups is 2. The van der Waals surface area contributed by atoms with E-state index in [1.807, 2.05) is 0 Å². The fourth-order valence-corrected chi connectivity index (χ4v) is 3.44. The van der Waals surface area contributed by atoms with Gasteiger partial charge in [0, 0.05) is 0 Å². The molecule has 0 amide bonds. The van der Waals surface area contributed by atoms with Crippen LogP contribution in [0.15, 0.2) is 42.5 Å². The molecule has 0 bridgehead atoms. The van der Waals surface area contributed by atoms with Gasteiger partial charge in [0.05, 0.1) is 11.1 Å². The molecule has 0 radical (unpaired) electrons. The minimum atomic E-state index is -2.79. The summed E-state index contributed by atoms with van der Waals surface area (Å²) in [5, 5.41) is 37.9. The van der Waals surface area contributed by atoms with E-state index in [1.54, 1.807) is 36.4 Å². The first-order chi connectivity index (χ1) is 12.0. The van der Waals surface area contributed by atoms with E-state index in [0.29, 0.717) is 22.1 Å². The Balaban J connectivity index is 1.95. The van der Waals surface area contributed by atoms with Crippen molar-refractivity contribution >= 4 is 27.9 Å². The van der Waals surface area contributed by atoms with Crippen LogP contribution < -0.4 is 0 Å². The predicted octanol–water partition coefficient (Wildman–Crippen LogP) is 0.274. The topological polar surface area (TPSA) is 119 Å². The van der Waals surface area contributed by atoms with Crippen LogP contribution in [0, 0.1) is 0 Å². The van der Waals surface area contributed by atoms with Crippen LogP contribution in [0.5, 0.6) is 0 Å². The Morgan fingerprint density at radius 1 is 0.920 bits per heavy atom. The zero-order valence-corrected chi connectivity index (χ0v) is 13.0. The van der Waals surface area contributed by atoms with Gasteiger partial charge in [-0.2, -0.15) is 0 Å². The molecular formula is C16H12N6O3. The van der Waals surface area contributed by atoms with Crippen LogP contribution >= 0.6 is 0 Å². The van der Waals surface area contributed by atoms with Gasteiger partial charge in [-0.05, 0) is 31.2 Å². The highest BCUT2D eigenvalue weighted by molar-refractivity contribution is 6.11. The lowest BCUT2D eigenvalue weighted by Crippen LogP contribution is -2.65. The summed E-state index contributed by atoms with van der Waals surface area (Å²) in [6.45, 7) is 1.47. The third kappa shape index (κ3) is 1.47. The lowest BCUT2D eigenvalue weighted by molar-refractivity contribution is -0.206. The Hall–Kier alpha value is -3.17. The van der Waals surface area contributed by atoms with E-state index in [4.69, 9.17) is 0 Å². The van der Waals surface area contributed by atoms with Crippen molar-refractivity contribution in [1.29, 1.82) is 0 Å². The number of Topliss-reactive ketones (excluding diaryl/α,β-unsaturated/α-hetero) is 1. The van der Waals surface area contributed by atoms with Gasteiger partial charge in [0.2, 0.25) is 11.4 Å². The maximum absolute atomic E-state index is 12.8. The molecule has 1 unspecified atom stereocenters. The Morgan fingerprint density at radius 2 is 1.60 bits per heavy atom. The summed E-state index contributed by atoms with van der Waals surface area (Å²) in [5.41, 5.74) is 0.388. The molecule has 9 nitrogen and oxygen atoms in total. The lowest BCUT2D eigenvalue weighted by Gasteiger charge is -2.42. The van der Waals surface area contributed by atoms with Gasteiger partial charge >= 0.3 is 0 Å².